The molecule has 1 nitrogen and oxygen atoms in total. The summed E-state index contributed by atoms with van der Waals surface area (Å²) < 4.78 is 0. The predicted molar refractivity (Wildman–Crippen MR) is 69.9 cm³/mol. The third-order valence-corrected chi connectivity index (χ3v) is 6.23. The second-order valence-electron chi connectivity index (χ2n) is 6.74. The molecule has 2 heteroatoms. The summed E-state index contributed by atoms with van der Waals surface area (Å²) in [5, 5.41) is 15.0. The topological polar surface area (TPSA) is 20.2 Å². The molecule has 0 amide bonds. The summed E-state index contributed by atoms with van der Waals surface area (Å²) in [5.74, 6) is 2.78. The van der Waals surface area contributed by atoms with E-state index in [1.807, 2.05) is 0 Å². The van der Waals surface area contributed by atoms with Gasteiger partial charge in [0, 0.05) is 5.41 Å². The Bertz CT molecular complexity index is 373. The van der Waals surface area contributed by atoms with Crippen molar-refractivity contribution in [1.82, 2.24) is 0 Å². The molecule has 0 saturated heterocycles. The third-order valence-electron chi connectivity index (χ3n) is 5.52. The van der Waals surface area contributed by atoms with E-state index in [0.29, 0.717) is 0 Å². The van der Waals surface area contributed by atoms with Gasteiger partial charge >= 0.3 is 0 Å². The monoisotopic (exact) mass is 248 g/mol. The molecule has 5 rings (SSSR count). The highest BCUT2D eigenvalue weighted by molar-refractivity contribution is 7.07. The lowest BCUT2D eigenvalue weighted by Crippen LogP contribution is -2.48. The van der Waals surface area contributed by atoms with E-state index in [2.05, 4.69) is 16.8 Å². The number of aliphatic hydroxyl groups is 1. The number of hydrogen-bond acceptors (Lipinski definition) is 2. The Hall–Kier alpha value is -0.340. The van der Waals surface area contributed by atoms with Crippen LogP contribution in [0.2, 0.25) is 0 Å². The van der Waals surface area contributed by atoms with Crippen molar-refractivity contribution in [1.29, 1.82) is 0 Å². The fraction of sp³-hybridized carbons (Fsp3) is 0.733. The lowest BCUT2D eigenvalue weighted by atomic mass is 9.48. The van der Waals surface area contributed by atoms with Crippen LogP contribution in [-0.4, -0.2) is 5.11 Å². The molecule has 4 aliphatic carbocycles. The molecule has 17 heavy (non-hydrogen) atoms. The third kappa shape index (κ3) is 1.53. The van der Waals surface area contributed by atoms with Gasteiger partial charge in [0.25, 0.3) is 0 Å². The van der Waals surface area contributed by atoms with E-state index >= 15 is 0 Å². The Labute approximate surface area is 107 Å². The maximum absolute atomic E-state index is 10.8. The minimum Gasteiger partial charge on any atom is -0.388 e. The molecule has 1 atom stereocenters. The molecule has 1 unspecified atom stereocenters. The maximum atomic E-state index is 10.8. The van der Waals surface area contributed by atoms with E-state index < -0.39 is 0 Å². The predicted octanol–water partition coefficient (Wildman–Crippen LogP) is 4.00. The second kappa shape index (κ2) is 3.58. The van der Waals surface area contributed by atoms with Crippen LogP contribution in [0.15, 0.2) is 16.8 Å². The molecular weight excluding hydrogens is 228 g/mol. The van der Waals surface area contributed by atoms with Crippen LogP contribution in [0.5, 0.6) is 0 Å². The van der Waals surface area contributed by atoms with Gasteiger partial charge in [0.15, 0.2) is 0 Å². The normalized spacial score (nSPS) is 45.1. The lowest BCUT2D eigenvalue weighted by molar-refractivity contribution is -0.122. The van der Waals surface area contributed by atoms with E-state index in [0.717, 1.165) is 17.8 Å². The molecule has 0 aromatic carbocycles. The van der Waals surface area contributed by atoms with E-state index in [1.54, 1.807) is 11.3 Å². The Kier molecular flexibility index (Phi) is 2.23. The van der Waals surface area contributed by atoms with Gasteiger partial charge in [-0.15, -0.1) is 0 Å². The Morgan fingerprint density at radius 1 is 1.12 bits per heavy atom. The fourth-order valence-corrected chi connectivity index (χ4v) is 5.98. The van der Waals surface area contributed by atoms with Crippen LogP contribution in [-0.2, 0) is 0 Å². The van der Waals surface area contributed by atoms with Crippen molar-refractivity contribution < 1.29 is 5.11 Å². The standard InChI is InChI=1S/C15H20OS/c16-14(13-1-2-17-9-13)15-6-10-3-11(7-15)5-12(4-10)8-15/h1-2,9-12,14,16H,3-8H2. The van der Waals surface area contributed by atoms with Crippen LogP contribution < -0.4 is 0 Å². The average molecular weight is 248 g/mol. The number of hydrogen-bond donors (Lipinski definition) is 1. The van der Waals surface area contributed by atoms with Crippen LogP contribution in [0.3, 0.4) is 0 Å². The number of aliphatic hydroxyl groups excluding tert-OH is 1. The van der Waals surface area contributed by atoms with Crippen LogP contribution >= 0.6 is 11.3 Å². The SMILES string of the molecule is OC(c1ccsc1)C12CC3CC(CC(C3)C1)C2. The van der Waals surface area contributed by atoms with E-state index in [1.165, 1.54) is 44.1 Å². The van der Waals surface area contributed by atoms with E-state index in [4.69, 9.17) is 0 Å². The van der Waals surface area contributed by atoms with Gasteiger partial charge < -0.3 is 5.11 Å². The van der Waals surface area contributed by atoms with Crippen molar-refractivity contribution >= 4 is 11.3 Å². The zero-order valence-electron chi connectivity index (χ0n) is 10.1. The fourth-order valence-electron chi connectivity index (χ4n) is 5.30. The molecule has 0 spiro atoms. The van der Waals surface area contributed by atoms with Crippen LogP contribution in [0, 0.1) is 23.2 Å². The van der Waals surface area contributed by atoms with E-state index in [-0.39, 0.29) is 11.5 Å². The molecular formula is C15H20OS. The molecule has 4 bridgehead atoms. The molecule has 1 aromatic heterocycles. The first-order valence-electron chi connectivity index (χ1n) is 6.95. The molecule has 4 aliphatic rings. The Morgan fingerprint density at radius 3 is 2.18 bits per heavy atom. The second-order valence-corrected chi connectivity index (χ2v) is 7.52. The molecule has 4 saturated carbocycles. The van der Waals surface area contributed by atoms with Gasteiger partial charge in [0.05, 0.1) is 6.10 Å². The molecule has 0 aliphatic heterocycles. The van der Waals surface area contributed by atoms with Crippen LogP contribution in [0.1, 0.15) is 50.2 Å². The van der Waals surface area contributed by atoms with Crippen molar-refractivity contribution in [3.8, 4) is 0 Å². The smallest absolute Gasteiger partial charge is 0.0854 e. The van der Waals surface area contributed by atoms with Crippen molar-refractivity contribution in [2.75, 3.05) is 0 Å². The zero-order chi connectivity index (χ0) is 11.5. The van der Waals surface area contributed by atoms with Crippen LogP contribution in [0.4, 0.5) is 0 Å². The first-order chi connectivity index (χ1) is 8.25. The van der Waals surface area contributed by atoms with Gasteiger partial charge in [0.2, 0.25) is 0 Å². The summed E-state index contributed by atoms with van der Waals surface area (Å²) in [6.45, 7) is 0. The zero-order valence-corrected chi connectivity index (χ0v) is 11.0. The molecule has 1 aromatic rings. The van der Waals surface area contributed by atoms with Gasteiger partial charge in [-0.2, -0.15) is 11.3 Å². The highest BCUT2D eigenvalue weighted by Gasteiger charge is 2.54. The molecule has 4 fully saturated rings. The van der Waals surface area contributed by atoms with Gasteiger partial charge in [-0.25, -0.2) is 0 Å². The van der Waals surface area contributed by atoms with Gasteiger partial charge in [-0.05, 0) is 78.7 Å². The number of thiophene rings is 1. The first-order valence-corrected chi connectivity index (χ1v) is 7.90. The quantitative estimate of drug-likeness (QED) is 0.838. The lowest BCUT2D eigenvalue weighted by Gasteiger charge is -2.58. The maximum Gasteiger partial charge on any atom is 0.0854 e. The summed E-state index contributed by atoms with van der Waals surface area (Å²) >= 11 is 1.71. The summed E-state index contributed by atoms with van der Waals surface area (Å²) in [6, 6.07) is 2.12. The summed E-state index contributed by atoms with van der Waals surface area (Å²) in [6.07, 6.45) is 8.03. The highest BCUT2D eigenvalue weighted by atomic mass is 32.1. The minimum absolute atomic E-state index is 0.192. The molecule has 92 valence electrons. The Balaban J connectivity index is 1.68. The highest BCUT2D eigenvalue weighted by Crippen LogP contribution is 2.64. The van der Waals surface area contributed by atoms with Crippen molar-refractivity contribution in [2.24, 2.45) is 23.2 Å². The summed E-state index contributed by atoms with van der Waals surface area (Å²) in [7, 11) is 0. The summed E-state index contributed by atoms with van der Waals surface area (Å²) in [5.41, 5.74) is 1.42. The van der Waals surface area contributed by atoms with Crippen LogP contribution in [0.25, 0.3) is 0 Å². The minimum atomic E-state index is -0.192. The molecule has 1 N–H and O–H groups in total. The molecule has 1 heterocycles. The number of rotatable bonds is 2. The Morgan fingerprint density at radius 2 is 1.71 bits per heavy atom. The van der Waals surface area contributed by atoms with Crippen molar-refractivity contribution in [2.45, 2.75) is 44.6 Å². The summed E-state index contributed by atoms with van der Waals surface area (Å²) in [4.78, 5) is 0. The van der Waals surface area contributed by atoms with Gasteiger partial charge in [-0.3, -0.25) is 0 Å². The molecule has 0 radical (unpaired) electrons. The van der Waals surface area contributed by atoms with Crippen molar-refractivity contribution in [3.05, 3.63) is 22.4 Å². The largest absolute Gasteiger partial charge is 0.388 e. The average Bonchev–Trinajstić information content (AvgIpc) is 2.79. The van der Waals surface area contributed by atoms with Crippen molar-refractivity contribution in [3.63, 3.8) is 0 Å². The van der Waals surface area contributed by atoms with Gasteiger partial charge in [0.1, 0.15) is 0 Å². The van der Waals surface area contributed by atoms with E-state index in [9.17, 15) is 5.11 Å². The first kappa shape index (κ1) is 10.6. The van der Waals surface area contributed by atoms with Gasteiger partial charge in [-0.1, -0.05) is 0 Å².